The molecule has 1 aromatic carbocycles. The molecule has 0 atom stereocenters. The molecule has 0 aliphatic heterocycles. The smallest absolute Gasteiger partial charge is 0.301 e. The van der Waals surface area contributed by atoms with Crippen LogP contribution in [-0.2, 0) is 10.0 Å². The third-order valence-corrected chi connectivity index (χ3v) is 7.43. The number of nitrogens with zero attached hydrogens (tertiary/aromatic N) is 6. The average molecular weight is 501 g/mol. The Morgan fingerprint density at radius 1 is 1.03 bits per heavy atom. The third kappa shape index (κ3) is 3.89. The average Bonchev–Trinajstić information content (AvgIpc) is 3.51. The lowest BCUT2D eigenvalue weighted by Gasteiger charge is -2.13. The minimum atomic E-state index is -4.12. The zero-order valence-electron chi connectivity index (χ0n) is 19.9. The van der Waals surface area contributed by atoms with E-state index in [1.807, 2.05) is 49.3 Å². The van der Waals surface area contributed by atoms with E-state index in [-0.39, 0.29) is 5.03 Å². The minimum Gasteiger partial charge on any atom is -0.393 e. The molecule has 0 aliphatic rings. The molecule has 5 rings (SSSR count). The number of hydrogen-bond donors (Lipinski definition) is 2. The van der Waals surface area contributed by atoms with Crippen LogP contribution in [0.4, 0.5) is 5.69 Å². The van der Waals surface area contributed by atoms with Crippen LogP contribution in [0.3, 0.4) is 0 Å². The van der Waals surface area contributed by atoms with E-state index < -0.39 is 10.0 Å². The Hall–Kier alpha value is -4.51. The molecule has 0 radical (unpaired) electrons. The quantitative estimate of drug-likeness (QED) is 0.329. The van der Waals surface area contributed by atoms with Crippen LogP contribution in [0.1, 0.15) is 5.56 Å². The summed E-state index contributed by atoms with van der Waals surface area (Å²) in [5.41, 5.74) is 5.24. The highest BCUT2D eigenvalue weighted by Crippen LogP contribution is 2.26. The van der Waals surface area contributed by atoms with Crippen molar-refractivity contribution < 1.29 is 8.42 Å². The number of nitrogens with one attached hydrogen (secondary N) is 2. The number of imidazole rings is 1. The van der Waals surface area contributed by atoms with Crippen molar-refractivity contribution in [3.8, 4) is 11.1 Å². The van der Waals surface area contributed by atoms with Gasteiger partial charge in [0, 0.05) is 62.8 Å². The fourth-order valence-corrected chi connectivity index (χ4v) is 5.29. The number of fused-ring (bicyclic) bond motifs is 2. The van der Waals surface area contributed by atoms with Crippen molar-refractivity contribution in [1.82, 2.24) is 28.9 Å². The first-order valence-electron chi connectivity index (χ1n) is 11.1. The second-order valence-corrected chi connectivity index (χ2v) is 10.1. The zero-order valence-corrected chi connectivity index (χ0v) is 20.7. The van der Waals surface area contributed by atoms with Crippen molar-refractivity contribution in [1.29, 1.82) is 5.41 Å². The van der Waals surface area contributed by atoms with Crippen LogP contribution < -0.4 is 10.2 Å². The van der Waals surface area contributed by atoms with Crippen LogP contribution in [-0.4, -0.2) is 59.3 Å². The Morgan fingerprint density at radius 3 is 2.47 bits per heavy atom. The van der Waals surface area contributed by atoms with Crippen molar-refractivity contribution in [2.45, 2.75) is 5.03 Å². The van der Waals surface area contributed by atoms with Crippen LogP contribution >= 0.6 is 0 Å². The van der Waals surface area contributed by atoms with Gasteiger partial charge in [-0.1, -0.05) is 12.1 Å². The summed E-state index contributed by atoms with van der Waals surface area (Å²) in [5.74, 6) is 0. The van der Waals surface area contributed by atoms with Gasteiger partial charge < -0.3 is 15.6 Å². The predicted octanol–water partition coefficient (Wildman–Crippen LogP) is 3.26. The normalized spacial score (nSPS) is 12.2. The highest BCUT2D eigenvalue weighted by Gasteiger charge is 2.25. The van der Waals surface area contributed by atoms with E-state index in [2.05, 4.69) is 20.4 Å². The highest BCUT2D eigenvalue weighted by atomic mass is 32.2. The molecule has 0 saturated heterocycles. The predicted molar refractivity (Wildman–Crippen MR) is 141 cm³/mol. The number of anilines is 1. The summed E-state index contributed by atoms with van der Waals surface area (Å²) in [6.07, 6.45) is 8.89. The van der Waals surface area contributed by atoms with Crippen molar-refractivity contribution >= 4 is 44.2 Å². The third-order valence-electron chi connectivity index (χ3n) is 5.86. The molecule has 4 aromatic heterocycles. The van der Waals surface area contributed by atoms with Crippen LogP contribution in [0.2, 0.25) is 0 Å². The summed E-state index contributed by atoms with van der Waals surface area (Å²) in [5, 5.41) is 14.7. The maximum Gasteiger partial charge on any atom is 0.301 e. The Labute approximate surface area is 208 Å². The summed E-state index contributed by atoms with van der Waals surface area (Å²) in [7, 11) is 1.56. The lowest BCUT2D eigenvalue weighted by molar-refractivity contribution is 0.577. The van der Waals surface area contributed by atoms with E-state index in [1.165, 1.54) is 18.6 Å². The van der Waals surface area contributed by atoms with E-state index in [4.69, 9.17) is 5.41 Å². The molecule has 0 unspecified atom stereocenters. The molecule has 36 heavy (non-hydrogen) atoms. The summed E-state index contributed by atoms with van der Waals surface area (Å²) in [6.45, 7) is 0. The van der Waals surface area contributed by atoms with E-state index in [9.17, 15) is 8.42 Å². The zero-order chi connectivity index (χ0) is 25.4. The van der Waals surface area contributed by atoms with Crippen molar-refractivity contribution in [3.05, 3.63) is 79.0 Å². The largest absolute Gasteiger partial charge is 0.393 e. The summed E-state index contributed by atoms with van der Waals surface area (Å²) in [4.78, 5) is 10.7. The molecule has 11 heteroatoms. The molecule has 0 saturated carbocycles. The molecule has 10 nitrogen and oxygen atoms in total. The lowest BCUT2D eigenvalue weighted by Crippen LogP contribution is -2.16. The molecule has 0 bridgehead atoms. The Morgan fingerprint density at radius 2 is 1.78 bits per heavy atom. The van der Waals surface area contributed by atoms with Crippen LogP contribution in [0.5, 0.6) is 0 Å². The van der Waals surface area contributed by atoms with Crippen molar-refractivity contribution in [2.75, 3.05) is 26.0 Å². The second-order valence-electron chi connectivity index (χ2n) is 8.34. The maximum absolute atomic E-state index is 13.8. The van der Waals surface area contributed by atoms with Gasteiger partial charge in [-0.3, -0.25) is 9.38 Å². The first-order chi connectivity index (χ1) is 17.3. The molecular weight excluding hydrogens is 476 g/mol. The van der Waals surface area contributed by atoms with E-state index >= 15 is 0 Å². The molecule has 0 fully saturated rings. The molecule has 0 spiro atoms. The fourth-order valence-electron chi connectivity index (χ4n) is 3.96. The number of hydrogen-bond acceptors (Lipinski definition) is 8. The first-order valence-corrected chi connectivity index (χ1v) is 12.5. The molecule has 0 aliphatic carbocycles. The van der Waals surface area contributed by atoms with E-state index in [0.29, 0.717) is 27.8 Å². The van der Waals surface area contributed by atoms with Gasteiger partial charge in [-0.05, 0) is 41.5 Å². The first kappa shape index (κ1) is 23.2. The van der Waals surface area contributed by atoms with Gasteiger partial charge in [0.15, 0.2) is 5.03 Å². The molecule has 0 amide bonds. The number of pyridine rings is 2. The topological polar surface area (TPSA) is 121 Å². The molecule has 2 N–H and O–H groups in total. The standard InChI is InChI=1S/C25H24N8O2S/c1-27-12-20(11-26)19-10-23-22(28-13-19)14-30-33(23)36(34,35)25-15-29-24-9-6-18(16-32(24)25)17-4-7-21(8-5-17)31(2)3/h4-16,26-27H,1-3H3/b20-12+,26-11?. The van der Waals surface area contributed by atoms with E-state index in [0.717, 1.165) is 20.9 Å². The second kappa shape index (κ2) is 8.93. The Balaban J connectivity index is 1.62. The van der Waals surface area contributed by atoms with Gasteiger partial charge in [0.25, 0.3) is 0 Å². The van der Waals surface area contributed by atoms with Gasteiger partial charge in [0.05, 0.1) is 12.4 Å². The molecule has 4 heterocycles. The number of benzene rings is 1. The van der Waals surface area contributed by atoms with Gasteiger partial charge in [0.2, 0.25) is 0 Å². The van der Waals surface area contributed by atoms with Gasteiger partial charge in [0.1, 0.15) is 16.7 Å². The summed E-state index contributed by atoms with van der Waals surface area (Å²) < 4.78 is 30.0. The maximum atomic E-state index is 13.8. The Kier molecular flexibility index (Phi) is 5.77. The van der Waals surface area contributed by atoms with Crippen LogP contribution in [0.25, 0.3) is 33.4 Å². The molecule has 5 aromatic rings. The Bertz CT molecular complexity index is 1730. The van der Waals surface area contributed by atoms with Crippen LogP contribution in [0.15, 0.2) is 78.5 Å². The number of aromatic nitrogens is 5. The van der Waals surface area contributed by atoms with Gasteiger partial charge in [-0.2, -0.15) is 17.6 Å². The van der Waals surface area contributed by atoms with Crippen LogP contribution in [0, 0.1) is 5.41 Å². The minimum absolute atomic E-state index is 0.0160. The number of rotatable bonds is 7. The lowest BCUT2D eigenvalue weighted by atomic mass is 10.1. The van der Waals surface area contributed by atoms with Crippen molar-refractivity contribution in [3.63, 3.8) is 0 Å². The fraction of sp³-hybridized carbons (Fsp3) is 0.120. The van der Waals surface area contributed by atoms with Gasteiger partial charge in [-0.25, -0.2) is 4.98 Å². The van der Waals surface area contributed by atoms with E-state index in [1.54, 1.807) is 42.2 Å². The molecular formula is C25H24N8O2S. The van der Waals surface area contributed by atoms with Gasteiger partial charge in [-0.15, -0.1) is 0 Å². The monoisotopic (exact) mass is 500 g/mol. The SMILES string of the molecule is CN/C=C(\C=N)c1cnc2cnn(S(=O)(=O)c3cnc4ccc(-c5ccc(N(C)C)cc5)cn34)c2c1. The highest BCUT2D eigenvalue weighted by molar-refractivity contribution is 7.90. The number of allylic oxidation sites excluding steroid dienone is 1. The van der Waals surface area contributed by atoms with Crippen molar-refractivity contribution in [2.24, 2.45) is 0 Å². The van der Waals surface area contributed by atoms with Gasteiger partial charge >= 0.3 is 10.0 Å². The molecule has 182 valence electrons. The summed E-state index contributed by atoms with van der Waals surface area (Å²) >= 11 is 0. The summed E-state index contributed by atoms with van der Waals surface area (Å²) in [6, 6.07) is 13.4.